The Morgan fingerprint density at radius 2 is 1.02 bits per heavy atom. The molecule has 0 aliphatic carbocycles. The van der Waals surface area contributed by atoms with E-state index >= 15 is 19.2 Å². The maximum absolute atomic E-state index is 15.3. The molecule has 0 saturated carbocycles. The second kappa shape index (κ2) is 62.5. The van der Waals surface area contributed by atoms with Crippen molar-refractivity contribution in [1.82, 2.24) is 99.7 Å². The highest BCUT2D eigenvalue weighted by atomic mass is 33.1. The van der Waals surface area contributed by atoms with Gasteiger partial charge >= 0.3 is 17.9 Å². The summed E-state index contributed by atoms with van der Waals surface area (Å²) >= 11 is 0. The summed E-state index contributed by atoms with van der Waals surface area (Å²) in [5.74, 6) is -21.6. The summed E-state index contributed by atoms with van der Waals surface area (Å²) in [6.45, 7) is 14.0. The first-order chi connectivity index (χ1) is 67.2. The third-order valence-electron chi connectivity index (χ3n) is 21.6. The number of nitrogens with one attached hydrogen (secondary N) is 19. The minimum absolute atomic E-state index is 0.0192. The molecule has 0 radical (unpaired) electrons. The zero-order chi connectivity index (χ0) is 104. The first-order valence-electron chi connectivity index (χ1n) is 46.3. The van der Waals surface area contributed by atoms with Gasteiger partial charge in [0.05, 0.1) is 116 Å². The average Bonchev–Trinajstić information content (AvgIpc) is 1.68. The SMILES string of the molecule is CC(C)C[C@@H]1NC(=O)[C@H](Cc2c[nH]cn2)NC(=O)[C@H](Cc2c[nH]c3ccccc23)NC(=O)[C@H](C)NC(=O)[C@@H](NC(=O)[C@H](CC(=O)O)NC(=O)CCOCCOCCOCCOCCOCCOCCNC(=O)[C@H](N)CCCNC(=N)N)CSSC[C@@H](C(=O)N[C@H](C(=O)O)[C@@H](C)O)NC(=O)[C@H](Cc2c[nH]c3ccccc23)NC(=O)[C@H](C(C)C)NC(=O)[C@H](CC(C)C)NC(=O)[C@H](CCC(=O)O)NC(=O)CNC1=O. The molecule has 141 heavy (non-hydrogen) atoms. The third kappa shape index (κ3) is 43.6. The van der Waals surface area contributed by atoms with Gasteiger partial charge < -0.3 is 155 Å². The number of carbonyl (C=O) groups excluding carboxylic acids is 14. The molecule has 3 aromatic heterocycles. The van der Waals surface area contributed by atoms with Gasteiger partial charge in [0.25, 0.3) is 0 Å². The van der Waals surface area contributed by atoms with Crippen molar-refractivity contribution in [3.8, 4) is 0 Å². The van der Waals surface area contributed by atoms with Crippen molar-refractivity contribution < 1.29 is 130 Å². The highest BCUT2D eigenvalue weighted by molar-refractivity contribution is 8.76. The maximum atomic E-state index is 15.3. The predicted octanol–water partition coefficient (Wildman–Crippen LogP) is -3.50. The van der Waals surface area contributed by atoms with E-state index in [4.69, 9.17) is 45.3 Å². The van der Waals surface area contributed by atoms with Gasteiger partial charge in [-0.1, -0.05) is 99.5 Å². The van der Waals surface area contributed by atoms with E-state index in [1.807, 2.05) is 0 Å². The number of carbonyl (C=O) groups is 17. The van der Waals surface area contributed by atoms with E-state index < -0.39 is 229 Å². The number of ether oxygens (including phenoxy) is 6. The van der Waals surface area contributed by atoms with Gasteiger partial charge in [-0.25, -0.2) is 9.78 Å². The summed E-state index contributed by atoms with van der Waals surface area (Å²) in [7, 11) is 1.43. The van der Waals surface area contributed by atoms with Crippen LogP contribution >= 0.6 is 21.6 Å². The van der Waals surface area contributed by atoms with E-state index in [1.165, 1.54) is 19.4 Å². The van der Waals surface area contributed by atoms with Gasteiger partial charge in [-0.05, 0) is 87.0 Å². The molecule has 49 nitrogen and oxygen atoms in total. The Kier molecular flexibility index (Phi) is 51.9. The van der Waals surface area contributed by atoms with E-state index in [9.17, 15) is 82.8 Å². The lowest BCUT2D eigenvalue weighted by molar-refractivity contribution is -0.145. The molecule has 780 valence electrons. The number of carboxylic acid groups (broad SMARTS) is 3. The zero-order valence-electron chi connectivity index (χ0n) is 80.1. The molecule has 0 spiro atoms. The van der Waals surface area contributed by atoms with Crippen molar-refractivity contribution in [3.63, 3.8) is 0 Å². The van der Waals surface area contributed by atoms with Crippen LogP contribution in [0.15, 0.2) is 73.4 Å². The molecule has 2 aromatic carbocycles. The number of aliphatic hydroxyl groups excluding tert-OH is 1. The van der Waals surface area contributed by atoms with Crippen LogP contribution in [0.4, 0.5) is 0 Å². The minimum atomic E-state index is -2.01. The highest BCUT2D eigenvalue weighted by Gasteiger charge is 2.40. The fraction of sp³-hybridized carbons (Fsp3) is 0.589. The molecule has 1 aliphatic rings. The molecule has 0 unspecified atom stereocenters. The van der Waals surface area contributed by atoms with Crippen LogP contribution in [-0.4, -0.2) is 342 Å². The van der Waals surface area contributed by atoms with Crippen molar-refractivity contribution in [2.24, 2.45) is 29.2 Å². The highest BCUT2D eigenvalue weighted by Crippen LogP contribution is 2.26. The summed E-state index contributed by atoms with van der Waals surface area (Å²) < 4.78 is 33.2. The van der Waals surface area contributed by atoms with Crippen molar-refractivity contribution in [3.05, 3.63) is 90.3 Å². The van der Waals surface area contributed by atoms with E-state index in [2.05, 4.69) is 99.7 Å². The number of amides is 14. The fourth-order valence-electron chi connectivity index (χ4n) is 14.2. The summed E-state index contributed by atoms with van der Waals surface area (Å²) in [5, 5.41) is 87.4. The summed E-state index contributed by atoms with van der Waals surface area (Å²) in [4.78, 5) is 253. The number of benzene rings is 2. The topological polar surface area (TPSA) is 743 Å². The first kappa shape index (κ1) is 117. The number of nitrogens with zero attached hydrogens (tertiary/aromatic N) is 1. The van der Waals surface area contributed by atoms with Crippen molar-refractivity contribution in [2.75, 3.05) is 110 Å². The number of aromatic nitrogens is 4. The van der Waals surface area contributed by atoms with E-state index in [1.54, 1.807) is 102 Å². The van der Waals surface area contributed by atoms with Gasteiger partial charge in [-0.15, -0.1) is 0 Å². The number of guanidine groups is 1. The van der Waals surface area contributed by atoms with E-state index in [-0.39, 0.29) is 134 Å². The fourth-order valence-corrected chi connectivity index (χ4v) is 16.5. The molecule has 1 fully saturated rings. The van der Waals surface area contributed by atoms with Crippen LogP contribution in [0.25, 0.3) is 21.8 Å². The van der Waals surface area contributed by atoms with Crippen LogP contribution in [0.2, 0.25) is 0 Å². The Morgan fingerprint density at radius 3 is 1.54 bits per heavy atom. The lowest BCUT2D eigenvalue weighted by Crippen LogP contribution is -2.61. The standard InChI is InChI=1S/C90H136N22O27S2/c1-49(2)36-63-79(122)99-45-72(115)102-62(19-20-73(116)117)80(123)106-64(37-50(3)4)85(128)111-75(51(5)6)88(131)108-66(39-55-43-98-61-18-12-10-15-58(55)61)82(125)110-70(87(130)112-76(53(8)113)89(132)133)47-141-140-46-69(86(129)101-52(7)77(120)104-65(38-54-42-97-60-17-11-9-14-57(54)60)81(124)107-67(83(126)105-63)40-56-44-94-48-100-56)109-84(127)68(41-74(118)119)103-71(114)21-24-134-26-28-136-30-32-138-34-35-139-33-31-137-29-27-135-25-23-95-78(121)59(91)16-13-22-96-90(92)93/h9-12,14-15,17-18,42-44,48-53,59,62-70,75-76,97-98,113H,13,16,19-41,45-47,91H2,1-8H3,(H,94,100)(H,95,121)(H,99,122)(H,101,129)(H,102,115)(H,103,114)(H,104,120)(H,105,126)(H,106,123)(H,107,124)(H,108,131)(H,109,127)(H,110,125)(H,111,128)(H,112,130)(H,116,117)(H,118,119)(H,132,133)(H4,92,93,96)/t52-,53+,59+,62-,63-,64-,65-,66-,67-,68-,69-,70-,75-,76-/m0/s1. The van der Waals surface area contributed by atoms with Crippen molar-refractivity contribution >= 4 is 150 Å². The van der Waals surface area contributed by atoms with Gasteiger partial charge in [-0.3, -0.25) is 82.1 Å². The molecule has 0 bridgehead atoms. The van der Waals surface area contributed by atoms with Crippen molar-refractivity contribution in [2.45, 2.75) is 211 Å². The van der Waals surface area contributed by atoms with Crippen LogP contribution in [0.1, 0.15) is 124 Å². The number of aromatic amines is 3. The first-order valence-corrected chi connectivity index (χ1v) is 48.8. The van der Waals surface area contributed by atoms with E-state index in [0.29, 0.717) is 76.3 Å². The number of fused-ring (bicyclic) bond motifs is 2. The summed E-state index contributed by atoms with van der Waals surface area (Å²) in [5.41, 5.74) is 13.5. The molecular formula is C90H136N22O27S2. The van der Waals surface area contributed by atoms with Gasteiger partial charge in [0, 0.05) is 97.1 Å². The number of imidazole rings is 1. The maximum Gasteiger partial charge on any atom is 0.328 e. The van der Waals surface area contributed by atoms with E-state index in [0.717, 1.165) is 17.7 Å². The molecule has 4 heterocycles. The van der Waals surface area contributed by atoms with Gasteiger partial charge in [0.1, 0.15) is 66.5 Å². The van der Waals surface area contributed by atoms with Crippen LogP contribution in [-0.2, 0) is 129 Å². The number of rotatable bonds is 49. The number of aliphatic carboxylic acids is 3. The average molecular weight is 2020 g/mol. The quantitative estimate of drug-likeness (QED) is 0.00777. The zero-order valence-corrected chi connectivity index (χ0v) is 81.8. The van der Waals surface area contributed by atoms with Gasteiger partial charge in [0.2, 0.25) is 82.7 Å². The van der Waals surface area contributed by atoms with Gasteiger partial charge in [0.15, 0.2) is 12.0 Å². The molecule has 27 N–H and O–H groups in total. The molecule has 1 aliphatic heterocycles. The number of hydrogen-bond donors (Lipinski definition) is 25. The molecule has 51 heteroatoms. The minimum Gasteiger partial charge on any atom is -0.481 e. The number of aliphatic hydroxyl groups is 1. The number of H-pyrrole nitrogens is 3. The van der Waals surface area contributed by atoms with Crippen LogP contribution < -0.4 is 91.2 Å². The normalized spacial score (nSPS) is 20.6. The number of hydrogen-bond acceptors (Lipinski definition) is 29. The van der Waals surface area contributed by atoms with Crippen LogP contribution in [0.3, 0.4) is 0 Å². The lowest BCUT2D eigenvalue weighted by atomic mass is 9.98. The number of carboxylic acids is 3. The Balaban J connectivity index is 1.27. The Labute approximate surface area is 822 Å². The second-order valence-corrected chi connectivity index (χ2v) is 37.0. The molecule has 1 saturated heterocycles. The Bertz CT molecular complexity index is 4930. The number of para-hydroxylation sites is 2. The molecule has 14 amide bonds. The van der Waals surface area contributed by atoms with Crippen LogP contribution in [0, 0.1) is 23.2 Å². The molecule has 6 rings (SSSR count). The van der Waals surface area contributed by atoms with Crippen molar-refractivity contribution in [1.29, 1.82) is 5.41 Å². The van der Waals surface area contributed by atoms with Crippen LogP contribution in [0.5, 0.6) is 0 Å². The third-order valence-corrected chi connectivity index (χ3v) is 24.0. The second-order valence-electron chi connectivity index (χ2n) is 34.5. The Morgan fingerprint density at radius 1 is 0.525 bits per heavy atom. The summed E-state index contributed by atoms with van der Waals surface area (Å²) in [6, 6.07) is -7.39. The molecule has 14 atom stereocenters. The van der Waals surface area contributed by atoms with Gasteiger partial charge in [-0.2, -0.15) is 0 Å². The number of nitrogens with two attached hydrogens (primary N) is 2. The monoisotopic (exact) mass is 2020 g/mol. The smallest absolute Gasteiger partial charge is 0.328 e. The molecule has 5 aromatic rings. The summed E-state index contributed by atoms with van der Waals surface area (Å²) in [6.07, 6.45) is 1.09. The Hall–Kier alpha value is -12.6. The molecular weight excluding hydrogens is 1890 g/mol. The predicted molar refractivity (Wildman–Crippen MR) is 515 cm³/mol. The largest absolute Gasteiger partial charge is 0.481 e. The lowest BCUT2D eigenvalue weighted by Gasteiger charge is -2.29.